The van der Waals surface area contributed by atoms with Crippen LogP contribution in [0.25, 0.3) is 0 Å². The van der Waals surface area contributed by atoms with Gasteiger partial charge in [0, 0.05) is 30.4 Å². The van der Waals surface area contributed by atoms with E-state index in [9.17, 15) is 9.59 Å². The highest BCUT2D eigenvalue weighted by molar-refractivity contribution is 5.96. The zero-order valence-electron chi connectivity index (χ0n) is 10.7. The molecule has 1 saturated heterocycles. The first-order valence-electron chi connectivity index (χ1n) is 6.11. The van der Waals surface area contributed by atoms with Gasteiger partial charge in [-0.15, -0.1) is 0 Å². The Balaban J connectivity index is 2.15. The first kappa shape index (κ1) is 13.2. The van der Waals surface area contributed by atoms with Gasteiger partial charge in [-0.1, -0.05) is 0 Å². The quantitative estimate of drug-likeness (QED) is 0.552. The first-order valence-corrected chi connectivity index (χ1v) is 6.11. The van der Waals surface area contributed by atoms with Gasteiger partial charge in [0.2, 0.25) is 5.91 Å². The van der Waals surface area contributed by atoms with Crippen LogP contribution in [0.3, 0.4) is 0 Å². The van der Waals surface area contributed by atoms with Crippen molar-refractivity contribution in [1.29, 1.82) is 0 Å². The fourth-order valence-corrected chi connectivity index (χ4v) is 2.04. The molecule has 1 aromatic carbocycles. The summed E-state index contributed by atoms with van der Waals surface area (Å²) in [5.41, 5.74) is 7.25. The van der Waals surface area contributed by atoms with Crippen molar-refractivity contribution < 1.29 is 14.3 Å². The molecule has 1 atom stereocenters. The predicted octanol–water partition coefficient (Wildman–Crippen LogP) is 0.746. The molecule has 0 aromatic heterocycles. The van der Waals surface area contributed by atoms with Crippen LogP contribution in [-0.2, 0) is 9.53 Å². The summed E-state index contributed by atoms with van der Waals surface area (Å²) in [6.45, 7) is 0.545. The molecular formula is C13H17N3O3. The highest BCUT2D eigenvalue weighted by atomic mass is 16.5. The van der Waals surface area contributed by atoms with Crippen LogP contribution >= 0.6 is 0 Å². The summed E-state index contributed by atoms with van der Waals surface area (Å²) in [6, 6.07) is 5.15. The van der Waals surface area contributed by atoms with Crippen LogP contribution in [0.5, 0.6) is 0 Å². The Kier molecular flexibility index (Phi) is 3.89. The number of hydrogen-bond donors (Lipinski definition) is 3. The standard InChI is InChI=1S/C13H17N3O3/c1-19-13(18)10-6-8(14)2-4-11(10)16-9-3-5-12(17)15-7-9/h2,4,6,9,16H,3,5,7,14H2,1H3,(H,15,17). The first-order chi connectivity index (χ1) is 9.10. The number of nitrogens with one attached hydrogen (secondary N) is 2. The zero-order valence-corrected chi connectivity index (χ0v) is 10.7. The maximum absolute atomic E-state index is 11.7. The van der Waals surface area contributed by atoms with E-state index in [1.165, 1.54) is 7.11 Å². The van der Waals surface area contributed by atoms with Crippen LogP contribution < -0.4 is 16.4 Å². The van der Waals surface area contributed by atoms with Gasteiger partial charge in [0.25, 0.3) is 0 Å². The molecule has 6 nitrogen and oxygen atoms in total. The molecule has 102 valence electrons. The van der Waals surface area contributed by atoms with Crippen LogP contribution in [-0.4, -0.2) is 31.6 Å². The molecule has 1 fully saturated rings. The van der Waals surface area contributed by atoms with Gasteiger partial charge < -0.3 is 21.1 Å². The van der Waals surface area contributed by atoms with Crippen molar-refractivity contribution in [1.82, 2.24) is 5.32 Å². The molecule has 1 heterocycles. The monoisotopic (exact) mass is 263 g/mol. The van der Waals surface area contributed by atoms with Gasteiger partial charge in [-0.05, 0) is 24.6 Å². The maximum Gasteiger partial charge on any atom is 0.340 e. The molecular weight excluding hydrogens is 246 g/mol. The van der Waals surface area contributed by atoms with Gasteiger partial charge in [0.15, 0.2) is 0 Å². The molecule has 0 radical (unpaired) electrons. The Morgan fingerprint density at radius 3 is 2.95 bits per heavy atom. The lowest BCUT2D eigenvalue weighted by atomic mass is 10.1. The highest BCUT2D eigenvalue weighted by Crippen LogP contribution is 2.22. The molecule has 0 spiro atoms. The molecule has 2 rings (SSSR count). The number of piperidine rings is 1. The van der Waals surface area contributed by atoms with Crippen molar-refractivity contribution in [3.63, 3.8) is 0 Å². The van der Waals surface area contributed by atoms with Gasteiger partial charge in [-0.25, -0.2) is 4.79 Å². The van der Waals surface area contributed by atoms with Gasteiger partial charge in [-0.2, -0.15) is 0 Å². The summed E-state index contributed by atoms with van der Waals surface area (Å²) in [6.07, 6.45) is 1.22. The van der Waals surface area contributed by atoms with Crippen LogP contribution in [0, 0.1) is 0 Å². The number of nitrogen functional groups attached to an aromatic ring is 1. The number of methoxy groups -OCH3 is 1. The number of hydrogen-bond acceptors (Lipinski definition) is 5. The van der Waals surface area contributed by atoms with E-state index in [-0.39, 0.29) is 11.9 Å². The Bertz CT molecular complexity index is 492. The van der Waals surface area contributed by atoms with E-state index in [4.69, 9.17) is 10.5 Å². The molecule has 0 aliphatic carbocycles. The fraction of sp³-hybridized carbons (Fsp3) is 0.385. The van der Waals surface area contributed by atoms with Crippen LogP contribution in [0.2, 0.25) is 0 Å². The lowest BCUT2D eigenvalue weighted by Gasteiger charge is -2.25. The number of benzene rings is 1. The third-order valence-electron chi connectivity index (χ3n) is 3.07. The highest BCUT2D eigenvalue weighted by Gasteiger charge is 2.20. The van der Waals surface area contributed by atoms with Crippen LogP contribution in [0.1, 0.15) is 23.2 Å². The Morgan fingerprint density at radius 2 is 2.32 bits per heavy atom. The number of rotatable bonds is 3. The number of amides is 1. The summed E-state index contributed by atoms with van der Waals surface area (Å²) in [4.78, 5) is 22.8. The van der Waals surface area contributed by atoms with Gasteiger partial charge in [0.1, 0.15) is 0 Å². The molecule has 1 aromatic rings. The largest absolute Gasteiger partial charge is 0.465 e. The fourth-order valence-electron chi connectivity index (χ4n) is 2.04. The van der Waals surface area contributed by atoms with Crippen molar-refractivity contribution in [2.45, 2.75) is 18.9 Å². The molecule has 1 aliphatic rings. The molecule has 6 heteroatoms. The lowest BCUT2D eigenvalue weighted by molar-refractivity contribution is -0.122. The van der Waals surface area contributed by atoms with Gasteiger partial charge in [-0.3, -0.25) is 4.79 Å². The third kappa shape index (κ3) is 3.15. The van der Waals surface area contributed by atoms with E-state index in [1.54, 1.807) is 18.2 Å². The Hall–Kier alpha value is -2.24. The summed E-state index contributed by atoms with van der Waals surface area (Å²) in [5.74, 6) is -0.377. The number of ether oxygens (including phenoxy) is 1. The molecule has 1 unspecified atom stereocenters. The van der Waals surface area contributed by atoms with E-state index in [0.717, 1.165) is 6.42 Å². The van der Waals surface area contributed by atoms with Crippen LogP contribution in [0.15, 0.2) is 18.2 Å². The van der Waals surface area contributed by atoms with E-state index >= 15 is 0 Å². The van der Waals surface area contributed by atoms with E-state index in [2.05, 4.69) is 10.6 Å². The lowest BCUT2D eigenvalue weighted by Crippen LogP contribution is -2.42. The van der Waals surface area contributed by atoms with E-state index in [0.29, 0.717) is 29.9 Å². The SMILES string of the molecule is COC(=O)c1cc(N)ccc1NC1CCC(=O)NC1. The van der Waals surface area contributed by atoms with Crippen molar-refractivity contribution in [3.8, 4) is 0 Å². The maximum atomic E-state index is 11.7. The molecule has 0 bridgehead atoms. The van der Waals surface area contributed by atoms with Crippen molar-refractivity contribution in [3.05, 3.63) is 23.8 Å². The predicted molar refractivity (Wildman–Crippen MR) is 71.8 cm³/mol. The minimum absolute atomic E-state index is 0.0588. The number of carbonyl (C=O) groups excluding carboxylic acids is 2. The molecule has 1 amide bonds. The van der Waals surface area contributed by atoms with Gasteiger partial charge in [0.05, 0.1) is 12.7 Å². The molecule has 4 N–H and O–H groups in total. The third-order valence-corrected chi connectivity index (χ3v) is 3.07. The summed E-state index contributed by atoms with van der Waals surface area (Å²) >= 11 is 0. The average molecular weight is 263 g/mol. The smallest absolute Gasteiger partial charge is 0.340 e. The summed E-state index contributed by atoms with van der Waals surface area (Å²) in [7, 11) is 1.33. The summed E-state index contributed by atoms with van der Waals surface area (Å²) in [5, 5.41) is 6.03. The Morgan fingerprint density at radius 1 is 1.53 bits per heavy atom. The molecule has 1 aliphatic heterocycles. The zero-order chi connectivity index (χ0) is 13.8. The van der Waals surface area contributed by atoms with Crippen molar-refractivity contribution in [2.75, 3.05) is 24.7 Å². The minimum atomic E-state index is -0.436. The summed E-state index contributed by atoms with van der Waals surface area (Å²) < 4.78 is 4.73. The average Bonchev–Trinajstić information content (AvgIpc) is 2.42. The number of esters is 1. The van der Waals surface area contributed by atoms with Crippen molar-refractivity contribution in [2.24, 2.45) is 0 Å². The van der Waals surface area contributed by atoms with Crippen molar-refractivity contribution >= 4 is 23.3 Å². The normalized spacial score (nSPS) is 18.6. The topological polar surface area (TPSA) is 93.4 Å². The second-order valence-corrected chi connectivity index (χ2v) is 4.48. The second-order valence-electron chi connectivity index (χ2n) is 4.48. The van der Waals surface area contributed by atoms with Gasteiger partial charge >= 0.3 is 5.97 Å². The van der Waals surface area contributed by atoms with Crippen LogP contribution in [0.4, 0.5) is 11.4 Å². The minimum Gasteiger partial charge on any atom is -0.465 e. The Labute approximate surface area is 111 Å². The second kappa shape index (κ2) is 5.60. The number of carbonyl (C=O) groups is 2. The number of nitrogens with two attached hydrogens (primary N) is 1. The van der Waals surface area contributed by atoms with E-state index < -0.39 is 5.97 Å². The van der Waals surface area contributed by atoms with E-state index in [1.807, 2.05) is 0 Å². The number of anilines is 2. The molecule has 0 saturated carbocycles. The molecule has 19 heavy (non-hydrogen) atoms.